The molecule has 0 spiro atoms. The van der Waals surface area contributed by atoms with Gasteiger partial charge in [-0.05, 0) is 48.9 Å². The van der Waals surface area contributed by atoms with Crippen LogP contribution in [-0.4, -0.2) is 74.6 Å². The number of methoxy groups -OCH3 is 1. The van der Waals surface area contributed by atoms with Crippen molar-refractivity contribution < 1.29 is 27.1 Å². The minimum absolute atomic E-state index is 0.0229. The van der Waals surface area contributed by atoms with Crippen LogP contribution in [0.15, 0.2) is 53.4 Å². The highest BCUT2D eigenvalue weighted by molar-refractivity contribution is 7.89. The Balaban J connectivity index is 1.76. The smallest absolute Gasteiger partial charge is 0.322 e. The summed E-state index contributed by atoms with van der Waals surface area (Å²) in [7, 11) is -2.45. The molecule has 2 atom stereocenters. The molecule has 2 aromatic rings. The summed E-state index contributed by atoms with van der Waals surface area (Å²) in [4.78, 5) is 16.7. The maximum absolute atomic E-state index is 13.5. The van der Waals surface area contributed by atoms with E-state index in [4.69, 9.17) is 9.47 Å². The van der Waals surface area contributed by atoms with Crippen molar-refractivity contribution in [3.8, 4) is 5.75 Å². The monoisotopic (exact) mass is 463 g/mol. The average Bonchev–Trinajstić information content (AvgIpc) is 3.17. The Morgan fingerprint density at radius 3 is 2.28 bits per heavy atom. The number of hydrogen-bond acceptors (Lipinski definition) is 5. The Morgan fingerprint density at radius 1 is 1.06 bits per heavy atom. The van der Waals surface area contributed by atoms with Gasteiger partial charge in [-0.1, -0.05) is 12.1 Å². The van der Waals surface area contributed by atoms with Crippen molar-refractivity contribution >= 4 is 16.1 Å². The zero-order chi connectivity index (χ0) is 22.9. The molecule has 2 heterocycles. The fourth-order valence-corrected chi connectivity index (χ4v) is 5.76. The molecule has 2 aromatic carbocycles. The fraction of sp³-hybridized carbons (Fsp3) is 0.409. The van der Waals surface area contributed by atoms with Crippen LogP contribution in [0.3, 0.4) is 0 Å². The third-order valence-corrected chi connectivity index (χ3v) is 7.63. The van der Waals surface area contributed by atoms with Gasteiger partial charge < -0.3 is 14.4 Å². The largest absolute Gasteiger partial charge is 0.497 e. The number of ether oxygens (including phenoxy) is 2. The Kier molecular flexibility index (Phi) is 6.36. The highest BCUT2D eigenvalue weighted by Gasteiger charge is 2.48. The van der Waals surface area contributed by atoms with Crippen LogP contribution >= 0.6 is 0 Å². The molecule has 2 aliphatic rings. The quantitative estimate of drug-likeness (QED) is 0.697. The number of sulfonamides is 1. The number of amides is 2. The highest BCUT2D eigenvalue weighted by atomic mass is 32.2. The lowest BCUT2D eigenvalue weighted by Gasteiger charge is -2.37. The van der Waals surface area contributed by atoms with Crippen LogP contribution in [0.5, 0.6) is 5.75 Å². The van der Waals surface area contributed by atoms with Gasteiger partial charge in [-0.25, -0.2) is 17.6 Å². The van der Waals surface area contributed by atoms with E-state index in [9.17, 15) is 17.6 Å². The number of morpholine rings is 1. The first-order valence-corrected chi connectivity index (χ1v) is 11.8. The van der Waals surface area contributed by atoms with Crippen LogP contribution in [0, 0.1) is 5.82 Å². The van der Waals surface area contributed by atoms with Crippen LogP contribution < -0.4 is 4.74 Å². The average molecular weight is 464 g/mol. The predicted octanol–water partition coefficient (Wildman–Crippen LogP) is 2.68. The molecule has 0 aliphatic carbocycles. The lowest BCUT2D eigenvalue weighted by molar-refractivity contribution is 0.0369. The SMILES string of the molecule is COc1ccc(C2N(C(=O)N3CCOCC3)C(C)CN2S(=O)(=O)c2ccc(F)cc2)cc1. The van der Waals surface area contributed by atoms with Crippen LogP contribution in [0.25, 0.3) is 0 Å². The van der Waals surface area contributed by atoms with Gasteiger partial charge in [0, 0.05) is 25.7 Å². The van der Waals surface area contributed by atoms with Crippen molar-refractivity contribution in [3.63, 3.8) is 0 Å². The van der Waals surface area contributed by atoms with E-state index >= 15 is 0 Å². The molecule has 0 N–H and O–H groups in total. The second-order valence-corrected chi connectivity index (χ2v) is 9.70. The van der Waals surface area contributed by atoms with E-state index in [1.807, 2.05) is 6.92 Å². The Morgan fingerprint density at radius 2 is 1.69 bits per heavy atom. The minimum atomic E-state index is -4.00. The molecule has 2 aliphatic heterocycles. The lowest BCUT2D eigenvalue weighted by Crippen LogP contribution is -2.50. The first kappa shape index (κ1) is 22.5. The molecule has 2 fully saturated rings. The Labute approximate surface area is 187 Å². The van der Waals surface area contributed by atoms with E-state index < -0.39 is 22.0 Å². The molecule has 172 valence electrons. The van der Waals surface area contributed by atoms with Gasteiger partial charge in [-0.3, -0.25) is 4.90 Å². The van der Waals surface area contributed by atoms with Crippen LogP contribution in [0.4, 0.5) is 9.18 Å². The van der Waals surface area contributed by atoms with E-state index in [0.29, 0.717) is 37.6 Å². The van der Waals surface area contributed by atoms with Gasteiger partial charge in [-0.15, -0.1) is 0 Å². The molecular formula is C22H26FN3O5S. The maximum atomic E-state index is 13.5. The fourth-order valence-electron chi connectivity index (χ4n) is 4.11. The van der Waals surface area contributed by atoms with Crippen LogP contribution in [-0.2, 0) is 14.8 Å². The molecule has 0 bridgehead atoms. The van der Waals surface area contributed by atoms with Gasteiger partial charge in [0.2, 0.25) is 10.0 Å². The minimum Gasteiger partial charge on any atom is -0.497 e. The van der Waals surface area contributed by atoms with E-state index in [1.54, 1.807) is 41.2 Å². The summed E-state index contributed by atoms with van der Waals surface area (Å²) in [5, 5.41) is 0. The third-order valence-electron chi connectivity index (χ3n) is 5.79. The second kappa shape index (κ2) is 9.05. The molecular weight excluding hydrogens is 437 g/mol. The van der Waals surface area contributed by atoms with E-state index in [-0.39, 0.29) is 23.5 Å². The molecule has 2 unspecified atom stereocenters. The standard InChI is InChI=1S/C22H26FN3O5S/c1-16-15-25(32(28,29)20-9-5-18(23)6-10-20)21(17-3-7-19(30-2)8-4-17)26(16)22(27)24-11-13-31-14-12-24/h3-10,16,21H,11-15H2,1-2H3. The normalized spacial score (nSPS) is 22.2. The molecule has 2 amide bonds. The topological polar surface area (TPSA) is 79.4 Å². The van der Waals surface area contributed by atoms with E-state index in [0.717, 1.165) is 12.1 Å². The Hall–Kier alpha value is -2.69. The summed E-state index contributed by atoms with van der Waals surface area (Å²) < 4.78 is 52.4. The van der Waals surface area contributed by atoms with Crippen molar-refractivity contribution in [2.45, 2.75) is 24.0 Å². The molecule has 0 saturated carbocycles. The van der Waals surface area contributed by atoms with Gasteiger partial charge >= 0.3 is 6.03 Å². The zero-order valence-electron chi connectivity index (χ0n) is 18.0. The predicted molar refractivity (Wildman–Crippen MR) is 115 cm³/mol. The van der Waals surface area contributed by atoms with Crippen molar-refractivity contribution in [2.75, 3.05) is 40.0 Å². The summed E-state index contributed by atoms with van der Waals surface area (Å²) in [6, 6.07) is 11.1. The number of carbonyl (C=O) groups excluding carboxylic acids is 1. The van der Waals surface area contributed by atoms with Gasteiger partial charge in [0.05, 0.1) is 25.2 Å². The van der Waals surface area contributed by atoms with E-state index in [2.05, 4.69) is 0 Å². The summed E-state index contributed by atoms with van der Waals surface area (Å²) in [6.07, 6.45) is -0.846. The molecule has 2 saturated heterocycles. The number of rotatable bonds is 4. The number of carbonyl (C=O) groups is 1. The van der Waals surface area contributed by atoms with Crippen molar-refractivity contribution in [1.82, 2.24) is 14.1 Å². The lowest BCUT2D eigenvalue weighted by atomic mass is 10.1. The molecule has 32 heavy (non-hydrogen) atoms. The first-order chi connectivity index (χ1) is 15.3. The number of urea groups is 1. The third kappa shape index (κ3) is 4.17. The molecule has 4 rings (SSSR count). The van der Waals surface area contributed by atoms with Gasteiger partial charge in [0.15, 0.2) is 0 Å². The molecule has 10 heteroatoms. The first-order valence-electron chi connectivity index (χ1n) is 10.4. The molecule has 8 nitrogen and oxygen atoms in total. The summed E-state index contributed by atoms with van der Waals surface area (Å²) in [6.45, 7) is 3.73. The van der Waals surface area contributed by atoms with Crippen molar-refractivity contribution in [3.05, 3.63) is 59.9 Å². The summed E-state index contributed by atoms with van der Waals surface area (Å²) >= 11 is 0. The van der Waals surface area contributed by atoms with Gasteiger partial charge in [0.25, 0.3) is 0 Å². The van der Waals surface area contributed by atoms with Crippen molar-refractivity contribution in [2.24, 2.45) is 0 Å². The van der Waals surface area contributed by atoms with Crippen LogP contribution in [0.1, 0.15) is 18.7 Å². The molecule has 0 radical (unpaired) electrons. The number of benzene rings is 2. The van der Waals surface area contributed by atoms with E-state index in [1.165, 1.54) is 16.4 Å². The molecule has 0 aromatic heterocycles. The number of nitrogens with zero attached hydrogens (tertiary/aromatic N) is 3. The van der Waals surface area contributed by atoms with Gasteiger partial charge in [0.1, 0.15) is 17.7 Å². The van der Waals surface area contributed by atoms with Crippen LogP contribution in [0.2, 0.25) is 0 Å². The zero-order valence-corrected chi connectivity index (χ0v) is 18.8. The highest BCUT2D eigenvalue weighted by Crippen LogP contribution is 2.39. The summed E-state index contributed by atoms with van der Waals surface area (Å²) in [5.74, 6) is 0.105. The number of halogens is 1. The summed E-state index contributed by atoms with van der Waals surface area (Å²) in [5.41, 5.74) is 0.641. The maximum Gasteiger partial charge on any atom is 0.322 e. The Bertz CT molecular complexity index is 1060. The van der Waals surface area contributed by atoms with Gasteiger partial charge in [-0.2, -0.15) is 4.31 Å². The van der Waals surface area contributed by atoms with Crippen molar-refractivity contribution in [1.29, 1.82) is 0 Å². The second-order valence-electron chi connectivity index (χ2n) is 7.81. The number of hydrogen-bond donors (Lipinski definition) is 0.